The molecule has 2 rings (SSSR count). The van der Waals surface area contributed by atoms with E-state index in [1.165, 1.54) is 0 Å². The van der Waals surface area contributed by atoms with Crippen LogP contribution in [0.4, 0.5) is 0 Å². The Hall–Kier alpha value is -1.35. The van der Waals surface area contributed by atoms with Crippen molar-refractivity contribution in [1.29, 1.82) is 0 Å². The monoisotopic (exact) mass is 274 g/mol. The fraction of sp³-hybridized carbons (Fsp3) is 0.588. The van der Waals surface area contributed by atoms with Gasteiger partial charge in [0.2, 0.25) is 5.91 Å². The molecule has 3 heteroatoms. The lowest BCUT2D eigenvalue weighted by Crippen LogP contribution is -2.45. The highest BCUT2D eigenvalue weighted by molar-refractivity contribution is 5.85. The molecule has 3 nitrogen and oxygen atoms in total. The van der Waals surface area contributed by atoms with Gasteiger partial charge in [0, 0.05) is 6.54 Å². The molecule has 1 aliphatic rings. The van der Waals surface area contributed by atoms with Crippen molar-refractivity contribution < 1.29 is 4.79 Å². The van der Waals surface area contributed by atoms with Crippen molar-refractivity contribution in [2.45, 2.75) is 46.8 Å². The van der Waals surface area contributed by atoms with E-state index in [4.69, 9.17) is 0 Å². The van der Waals surface area contributed by atoms with Crippen LogP contribution in [0, 0.1) is 11.3 Å². The summed E-state index contributed by atoms with van der Waals surface area (Å²) in [6.07, 6.45) is 0.118. The zero-order valence-electron chi connectivity index (χ0n) is 13.2. The summed E-state index contributed by atoms with van der Waals surface area (Å²) in [5, 5.41) is 3.51. The highest BCUT2D eigenvalue weighted by Gasteiger charge is 2.42. The maximum Gasteiger partial charge on any atom is 0.245 e. The molecule has 1 aromatic carbocycles. The number of amides is 1. The summed E-state index contributed by atoms with van der Waals surface area (Å²) in [7, 11) is 0. The number of hydrogen-bond donors (Lipinski definition) is 1. The number of hydrogen-bond acceptors (Lipinski definition) is 2. The van der Waals surface area contributed by atoms with Crippen molar-refractivity contribution in [2.75, 3.05) is 6.54 Å². The quantitative estimate of drug-likeness (QED) is 0.918. The molecule has 1 amide bonds. The summed E-state index contributed by atoms with van der Waals surface area (Å²) in [5.41, 5.74) is 1.16. The van der Waals surface area contributed by atoms with Gasteiger partial charge in [-0.25, -0.2) is 0 Å². The number of benzene rings is 1. The molecule has 1 aromatic rings. The van der Waals surface area contributed by atoms with Gasteiger partial charge in [0.25, 0.3) is 0 Å². The average Bonchev–Trinajstić information content (AvgIpc) is 2.67. The van der Waals surface area contributed by atoms with Gasteiger partial charge < -0.3 is 4.90 Å². The molecule has 2 unspecified atom stereocenters. The van der Waals surface area contributed by atoms with Crippen molar-refractivity contribution in [3.63, 3.8) is 0 Å². The maximum absolute atomic E-state index is 12.8. The van der Waals surface area contributed by atoms with E-state index in [1.807, 2.05) is 35.2 Å². The van der Waals surface area contributed by atoms with Gasteiger partial charge in [-0.1, -0.05) is 65.0 Å². The molecule has 110 valence electrons. The SMILES string of the molecule is CC(C)C1NC(c2ccccc2)C(=O)N1CC(C)(C)C. The first-order valence-electron chi connectivity index (χ1n) is 7.41. The topological polar surface area (TPSA) is 32.3 Å². The molecule has 0 bridgehead atoms. The molecule has 20 heavy (non-hydrogen) atoms. The second-order valence-electron chi connectivity index (χ2n) is 7.23. The first kappa shape index (κ1) is 15.0. The molecule has 1 N–H and O–H groups in total. The normalized spacial score (nSPS) is 23.7. The zero-order valence-corrected chi connectivity index (χ0v) is 13.2. The van der Waals surface area contributed by atoms with Crippen molar-refractivity contribution in [3.05, 3.63) is 35.9 Å². The molecule has 0 spiro atoms. The number of rotatable bonds is 3. The minimum absolute atomic E-state index is 0.107. The molecule has 0 saturated carbocycles. The first-order valence-corrected chi connectivity index (χ1v) is 7.41. The summed E-state index contributed by atoms with van der Waals surface area (Å²) >= 11 is 0. The molecular weight excluding hydrogens is 248 g/mol. The molecule has 0 radical (unpaired) electrons. The predicted molar refractivity (Wildman–Crippen MR) is 82.1 cm³/mol. The van der Waals surface area contributed by atoms with Crippen LogP contribution in [0.1, 0.15) is 46.2 Å². The summed E-state index contributed by atoms with van der Waals surface area (Å²) < 4.78 is 0. The van der Waals surface area contributed by atoms with E-state index in [0.29, 0.717) is 5.92 Å². The van der Waals surface area contributed by atoms with E-state index >= 15 is 0 Å². The fourth-order valence-electron chi connectivity index (χ4n) is 2.76. The van der Waals surface area contributed by atoms with E-state index in [-0.39, 0.29) is 23.5 Å². The Balaban J connectivity index is 2.25. The molecule has 1 aliphatic heterocycles. The molecule has 1 heterocycles. The minimum Gasteiger partial charge on any atom is -0.325 e. The standard InChI is InChI=1S/C17H26N2O/c1-12(2)15-18-14(13-9-7-6-8-10-13)16(20)19(15)11-17(3,4)5/h6-10,12,14-15,18H,11H2,1-5H3. The van der Waals surface area contributed by atoms with Gasteiger partial charge in [0.1, 0.15) is 6.04 Å². The molecule has 0 aliphatic carbocycles. The highest BCUT2D eigenvalue weighted by Crippen LogP contribution is 2.30. The average molecular weight is 274 g/mol. The summed E-state index contributed by atoms with van der Waals surface area (Å²) in [6, 6.07) is 9.80. The second-order valence-corrected chi connectivity index (χ2v) is 7.23. The van der Waals surface area contributed by atoms with Gasteiger partial charge in [-0.3, -0.25) is 10.1 Å². The van der Waals surface area contributed by atoms with Crippen molar-refractivity contribution in [1.82, 2.24) is 10.2 Å². The molecule has 1 saturated heterocycles. The summed E-state index contributed by atoms with van der Waals surface area (Å²) in [6.45, 7) is 11.6. The Kier molecular flexibility index (Phi) is 4.19. The van der Waals surface area contributed by atoms with Crippen LogP contribution in [-0.2, 0) is 4.79 Å². The van der Waals surface area contributed by atoms with E-state index < -0.39 is 0 Å². The highest BCUT2D eigenvalue weighted by atomic mass is 16.2. The van der Waals surface area contributed by atoms with Gasteiger partial charge in [0.05, 0.1) is 6.17 Å². The Morgan fingerprint density at radius 3 is 2.30 bits per heavy atom. The van der Waals surface area contributed by atoms with Crippen molar-refractivity contribution >= 4 is 5.91 Å². The fourth-order valence-corrected chi connectivity index (χ4v) is 2.76. The van der Waals surface area contributed by atoms with Crippen LogP contribution in [-0.4, -0.2) is 23.5 Å². The van der Waals surface area contributed by atoms with Gasteiger partial charge in [0.15, 0.2) is 0 Å². The predicted octanol–water partition coefficient (Wildman–Crippen LogP) is 3.19. The summed E-state index contributed by atoms with van der Waals surface area (Å²) in [4.78, 5) is 14.8. The van der Waals surface area contributed by atoms with E-state index in [0.717, 1.165) is 12.1 Å². The molecule has 2 atom stereocenters. The Morgan fingerprint density at radius 2 is 1.80 bits per heavy atom. The van der Waals surface area contributed by atoms with Crippen LogP contribution in [0.5, 0.6) is 0 Å². The number of nitrogens with one attached hydrogen (secondary N) is 1. The van der Waals surface area contributed by atoms with Gasteiger partial charge in [-0.15, -0.1) is 0 Å². The van der Waals surface area contributed by atoms with E-state index in [9.17, 15) is 4.79 Å². The van der Waals surface area contributed by atoms with Gasteiger partial charge in [-0.05, 0) is 16.9 Å². The lowest BCUT2D eigenvalue weighted by Gasteiger charge is -2.32. The van der Waals surface area contributed by atoms with Crippen LogP contribution < -0.4 is 5.32 Å². The lowest BCUT2D eigenvalue weighted by molar-refractivity contribution is -0.131. The van der Waals surface area contributed by atoms with Crippen LogP contribution >= 0.6 is 0 Å². The second kappa shape index (κ2) is 5.57. The third-order valence-corrected chi connectivity index (χ3v) is 3.61. The number of nitrogens with zero attached hydrogens (tertiary/aromatic N) is 1. The third-order valence-electron chi connectivity index (χ3n) is 3.61. The molecular formula is C17H26N2O. The molecule has 1 fully saturated rings. The smallest absolute Gasteiger partial charge is 0.245 e. The Morgan fingerprint density at radius 1 is 1.20 bits per heavy atom. The number of carbonyl (C=O) groups is 1. The first-order chi connectivity index (χ1) is 9.29. The largest absolute Gasteiger partial charge is 0.325 e. The van der Waals surface area contributed by atoms with Crippen LogP contribution in [0.3, 0.4) is 0 Å². The van der Waals surface area contributed by atoms with Crippen LogP contribution in [0.15, 0.2) is 30.3 Å². The van der Waals surface area contributed by atoms with Crippen LogP contribution in [0.2, 0.25) is 0 Å². The third kappa shape index (κ3) is 3.21. The Labute approximate surface area is 122 Å². The van der Waals surface area contributed by atoms with Gasteiger partial charge >= 0.3 is 0 Å². The van der Waals surface area contributed by atoms with E-state index in [2.05, 4.69) is 39.9 Å². The van der Waals surface area contributed by atoms with Crippen molar-refractivity contribution in [2.24, 2.45) is 11.3 Å². The minimum atomic E-state index is -0.203. The van der Waals surface area contributed by atoms with Gasteiger partial charge in [-0.2, -0.15) is 0 Å². The van der Waals surface area contributed by atoms with E-state index in [1.54, 1.807) is 0 Å². The number of carbonyl (C=O) groups excluding carboxylic acids is 1. The lowest BCUT2D eigenvalue weighted by atomic mass is 9.95. The summed E-state index contributed by atoms with van der Waals surface area (Å²) in [5.74, 6) is 0.597. The van der Waals surface area contributed by atoms with Crippen molar-refractivity contribution in [3.8, 4) is 0 Å². The van der Waals surface area contributed by atoms with Crippen LogP contribution in [0.25, 0.3) is 0 Å². The molecule has 0 aromatic heterocycles. The maximum atomic E-state index is 12.8. The Bertz CT molecular complexity index is 462. The zero-order chi connectivity index (χ0) is 14.9.